The molecule has 0 saturated heterocycles. The van der Waals surface area contributed by atoms with E-state index in [2.05, 4.69) is 4.98 Å². The first-order chi connectivity index (χ1) is 5.58. The molecule has 1 heterocycles. The molecular formula is C7H8N2O2S. The van der Waals surface area contributed by atoms with Crippen LogP contribution < -0.4 is 5.14 Å². The Morgan fingerprint density at radius 1 is 1.33 bits per heavy atom. The van der Waals surface area contributed by atoms with Gasteiger partial charge in [0.25, 0.3) is 0 Å². The normalized spacial score (nSPS) is 12.1. The number of nitrogens with zero attached hydrogens (tertiary/aromatic N) is 1. The topological polar surface area (TPSA) is 73.1 Å². The molecule has 0 saturated carbocycles. The van der Waals surface area contributed by atoms with Crippen molar-refractivity contribution in [3.63, 3.8) is 0 Å². The van der Waals surface area contributed by atoms with Crippen LogP contribution in [0.5, 0.6) is 0 Å². The third-order valence-electron chi connectivity index (χ3n) is 1.16. The molecule has 0 aromatic carbocycles. The molecule has 1 rings (SSSR count). The van der Waals surface area contributed by atoms with Gasteiger partial charge in [0, 0.05) is 17.8 Å². The van der Waals surface area contributed by atoms with Crippen LogP contribution in [-0.4, -0.2) is 13.4 Å². The van der Waals surface area contributed by atoms with Crippen LogP contribution >= 0.6 is 0 Å². The highest BCUT2D eigenvalue weighted by atomic mass is 32.2. The molecule has 0 unspecified atom stereocenters. The average molecular weight is 184 g/mol. The molecule has 4 nitrogen and oxygen atoms in total. The second-order valence-electron chi connectivity index (χ2n) is 2.17. The molecule has 0 aliphatic heterocycles. The molecule has 0 atom stereocenters. The zero-order chi connectivity index (χ0) is 9.03. The van der Waals surface area contributed by atoms with Gasteiger partial charge in [0.15, 0.2) is 0 Å². The second-order valence-corrected chi connectivity index (χ2v) is 3.62. The Morgan fingerprint density at radius 3 is 2.42 bits per heavy atom. The minimum Gasteiger partial charge on any atom is -0.265 e. The van der Waals surface area contributed by atoms with Gasteiger partial charge < -0.3 is 0 Å². The summed E-state index contributed by atoms with van der Waals surface area (Å²) in [5, 5.41) is 5.70. The maximum Gasteiger partial charge on any atom is 0.231 e. The van der Waals surface area contributed by atoms with Crippen LogP contribution in [-0.2, 0) is 10.0 Å². The number of rotatable bonds is 2. The van der Waals surface area contributed by atoms with Crippen molar-refractivity contribution in [2.75, 3.05) is 0 Å². The lowest BCUT2D eigenvalue weighted by molar-refractivity contribution is 0.606. The van der Waals surface area contributed by atoms with E-state index in [0.29, 0.717) is 0 Å². The molecule has 12 heavy (non-hydrogen) atoms. The zero-order valence-corrected chi connectivity index (χ0v) is 7.03. The smallest absolute Gasteiger partial charge is 0.231 e. The van der Waals surface area contributed by atoms with E-state index in [0.717, 1.165) is 11.0 Å². The summed E-state index contributed by atoms with van der Waals surface area (Å²) >= 11 is 0. The van der Waals surface area contributed by atoms with Crippen molar-refractivity contribution in [1.29, 1.82) is 0 Å². The van der Waals surface area contributed by atoms with E-state index in [1.54, 1.807) is 24.5 Å². The first-order valence-electron chi connectivity index (χ1n) is 3.19. The summed E-state index contributed by atoms with van der Waals surface area (Å²) in [6, 6.07) is 3.36. The van der Waals surface area contributed by atoms with E-state index in [1.807, 2.05) is 0 Å². The highest BCUT2D eigenvalue weighted by Crippen LogP contribution is 1.99. The highest BCUT2D eigenvalue weighted by molar-refractivity contribution is 7.92. The number of nitrogens with two attached hydrogens (primary N) is 1. The van der Waals surface area contributed by atoms with Crippen LogP contribution in [0, 0.1) is 0 Å². The number of hydrogen-bond acceptors (Lipinski definition) is 3. The average Bonchev–Trinajstić information content (AvgIpc) is 2.02. The largest absolute Gasteiger partial charge is 0.265 e. The molecule has 2 N–H and O–H groups in total. The van der Waals surface area contributed by atoms with Crippen LogP contribution in [0.15, 0.2) is 29.9 Å². The Balaban J connectivity index is 2.85. The van der Waals surface area contributed by atoms with E-state index in [-0.39, 0.29) is 0 Å². The summed E-state index contributed by atoms with van der Waals surface area (Å²) in [6.07, 6.45) is 4.56. The predicted octanol–water partition coefficient (Wildman–Crippen LogP) is 0.341. The van der Waals surface area contributed by atoms with Crippen LogP contribution in [0.25, 0.3) is 6.08 Å². The molecule has 0 spiro atoms. The number of aromatic nitrogens is 1. The SMILES string of the molecule is NS(=O)(=O)/C=C/c1ccncc1. The van der Waals surface area contributed by atoms with Crippen molar-refractivity contribution >= 4 is 16.1 Å². The maximum atomic E-state index is 10.5. The molecule has 0 bridgehead atoms. The Bertz CT molecular complexity index is 370. The van der Waals surface area contributed by atoms with E-state index in [1.165, 1.54) is 6.08 Å². The zero-order valence-electron chi connectivity index (χ0n) is 6.21. The van der Waals surface area contributed by atoms with Gasteiger partial charge in [-0.3, -0.25) is 4.98 Å². The highest BCUT2D eigenvalue weighted by Gasteiger charge is 1.92. The van der Waals surface area contributed by atoms with Crippen LogP contribution in [0.4, 0.5) is 0 Å². The van der Waals surface area contributed by atoms with E-state index >= 15 is 0 Å². The van der Waals surface area contributed by atoms with Gasteiger partial charge in [-0.2, -0.15) is 0 Å². The molecule has 0 aliphatic rings. The van der Waals surface area contributed by atoms with E-state index in [9.17, 15) is 8.42 Å². The van der Waals surface area contributed by atoms with E-state index in [4.69, 9.17) is 5.14 Å². The van der Waals surface area contributed by atoms with Crippen LogP contribution in [0.3, 0.4) is 0 Å². The van der Waals surface area contributed by atoms with Crippen molar-refractivity contribution in [2.45, 2.75) is 0 Å². The minimum absolute atomic E-state index is 0.749. The number of hydrogen-bond donors (Lipinski definition) is 1. The van der Waals surface area contributed by atoms with Crippen LogP contribution in [0.2, 0.25) is 0 Å². The Morgan fingerprint density at radius 2 is 1.92 bits per heavy atom. The van der Waals surface area contributed by atoms with Crippen molar-refractivity contribution in [3.8, 4) is 0 Å². The molecule has 0 radical (unpaired) electrons. The first-order valence-corrected chi connectivity index (χ1v) is 4.80. The maximum absolute atomic E-state index is 10.5. The summed E-state index contributed by atoms with van der Waals surface area (Å²) < 4.78 is 21.0. The first kappa shape index (κ1) is 8.89. The lowest BCUT2D eigenvalue weighted by Crippen LogP contribution is -2.06. The third-order valence-corrected chi connectivity index (χ3v) is 1.67. The molecule has 64 valence electrons. The quantitative estimate of drug-likeness (QED) is 0.720. The third kappa shape index (κ3) is 3.27. The van der Waals surface area contributed by atoms with Crippen molar-refractivity contribution in [1.82, 2.24) is 4.98 Å². The molecule has 5 heteroatoms. The lowest BCUT2D eigenvalue weighted by atomic mass is 10.3. The van der Waals surface area contributed by atoms with Crippen molar-refractivity contribution < 1.29 is 8.42 Å². The van der Waals surface area contributed by atoms with Gasteiger partial charge in [-0.1, -0.05) is 0 Å². The second kappa shape index (κ2) is 3.46. The van der Waals surface area contributed by atoms with Gasteiger partial charge in [-0.05, 0) is 23.8 Å². The lowest BCUT2D eigenvalue weighted by Gasteiger charge is -1.89. The standard InChI is InChI=1S/C7H8N2O2S/c8-12(10,11)6-3-7-1-4-9-5-2-7/h1-6H,(H2,8,10,11)/b6-3+. The van der Waals surface area contributed by atoms with Gasteiger partial charge in [0.05, 0.1) is 0 Å². The molecule has 0 aliphatic carbocycles. The van der Waals surface area contributed by atoms with Gasteiger partial charge in [0.1, 0.15) is 0 Å². The molecule has 0 amide bonds. The fourth-order valence-electron chi connectivity index (χ4n) is 0.648. The fourth-order valence-corrected chi connectivity index (χ4v) is 0.995. The summed E-state index contributed by atoms with van der Waals surface area (Å²) in [5.74, 6) is 0. The minimum atomic E-state index is -3.52. The fraction of sp³-hybridized carbons (Fsp3) is 0. The van der Waals surface area contributed by atoms with Gasteiger partial charge in [-0.25, -0.2) is 13.6 Å². The Kier molecular flexibility index (Phi) is 2.57. The molecule has 1 aromatic rings. The summed E-state index contributed by atoms with van der Waals surface area (Å²) in [5.41, 5.74) is 0.749. The molecule has 1 aromatic heterocycles. The number of sulfonamides is 1. The predicted molar refractivity (Wildman–Crippen MR) is 46.4 cm³/mol. The summed E-state index contributed by atoms with van der Waals surface area (Å²) in [6.45, 7) is 0. The Hall–Kier alpha value is -1.20. The van der Waals surface area contributed by atoms with Crippen LogP contribution in [0.1, 0.15) is 5.56 Å². The molecular weight excluding hydrogens is 176 g/mol. The van der Waals surface area contributed by atoms with Crippen molar-refractivity contribution in [2.24, 2.45) is 5.14 Å². The Labute approximate surface area is 70.8 Å². The van der Waals surface area contributed by atoms with Crippen molar-refractivity contribution in [3.05, 3.63) is 35.5 Å². The van der Waals surface area contributed by atoms with Gasteiger partial charge in [0.2, 0.25) is 10.0 Å². The number of pyridine rings is 1. The van der Waals surface area contributed by atoms with E-state index < -0.39 is 10.0 Å². The monoisotopic (exact) mass is 184 g/mol. The molecule has 0 fully saturated rings. The number of primary sulfonamides is 1. The van der Waals surface area contributed by atoms with Gasteiger partial charge in [-0.15, -0.1) is 0 Å². The van der Waals surface area contributed by atoms with Gasteiger partial charge >= 0.3 is 0 Å². The summed E-state index contributed by atoms with van der Waals surface area (Å²) in [7, 11) is -3.52. The summed E-state index contributed by atoms with van der Waals surface area (Å²) in [4.78, 5) is 3.78.